The van der Waals surface area contributed by atoms with Gasteiger partial charge >= 0.3 is 10.4 Å². The van der Waals surface area contributed by atoms with Crippen molar-refractivity contribution in [3.8, 4) is 0 Å². The maximum absolute atomic E-state index is 11.0. The summed E-state index contributed by atoms with van der Waals surface area (Å²) in [6, 6.07) is 0. The highest BCUT2D eigenvalue weighted by Crippen LogP contribution is 2.18. The minimum absolute atomic E-state index is 0.0477. The quantitative estimate of drug-likeness (QED) is 0.0494. The van der Waals surface area contributed by atoms with Crippen LogP contribution in [0.15, 0.2) is 12.2 Å². The van der Waals surface area contributed by atoms with Crippen LogP contribution in [-0.4, -0.2) is 19.6 Å². The third kappa shape index (κ3) is 33.7. The molecule has 5 heteroatoms. The van der Waals surface area contributed by atoms with E-state index >= 15 is 0 Å². The molecule has 0 spiro atoms. The van der Waals surface area contributed by atoms with E-state index in [1.54, 1.807) is 0 Å². The Morgan fingerprint density at radius 3 is 1.23 bits per heavy atom. The van der Waals surface area contributed by atoms with Crippen molar-refractivity contribution in [2.75, 3.05) is 6.61 Å². The van der Waals surface area contributed by atoms with Gasteiger partial charge < -0.3 is 0 Å². The van der Waals surface area contributed by atoms with Crippen LogP contribution >= 0.6 is 0 Å². The van der Waals surface area contributed by atoms with Crippen molar-refractivity contribution in [2.45, 2.75) is 194 Å². The molecule has 0 heterocycles. The molecule has 0 fully saturated rings. The number of hydrogen-bond donors (Lipinski definition) is 1. The summed E-state index contributed by atoms with van der Waals surface area (Å²) in [5, 5.41) is 0. The lowest BCUT2D eigenvalue weighted by Crippen LogP contribution is -2.12. The first-order valence-electron chi connectivity index (χ1n) is 17.3. The van der Waals surface area contributed by atoms with Crippen molar-refractivity contribution in [1.82, 2.24) is 0 Å². The Kier molecular flexibility index (Phi) is 30.3. The third-order valence-electron chi connectivity index (χ3n) is 7.99. The van der Waals surface area contributed by atoms with Crippen LogP contribution in [0.25, 0.3) is 0 Å². The molecule has 0 saturated carbocycles. The van der Waals surface area contributed by atoms with E-state index in [9.17, 15) is 8.42 Å². The molecule has 0 aliphatic heterocycles. The van der Waals surface area contributed by atoms with E-state index in [1.807, 2.05) is 0 Å². The Bertz CT molecular complexity index is 602. The lowest BCUT2D eigenvalue weighted by molar-refractivity contribution is 0.234. The van der Waals surface area contributed by atoms with Gasteiger partial charge in [-0.2, -0.15) is 8.42 Å². The molecule has 0 amide bonds. The van der Waals surface area contributed by atoms with Gasteiger partial charge in [0.1, 0.15) is 0 Å². The van der Waals surface area contributed by atoms with Gasteiger partial charge in [0.05, 0.1) is 6.61 Å². The molecule has 234 valence electrons. The van der Waals surface area contributed by atoms with Crippen LogP contribution < -0.4 is 0 Å². The lowest BCUT2D eigenvalue weighted by Gasteiger charge is -2.12. The number of hydrogen-bond acceptors (Lipinski definition) is 3. The van der Waals surface area contributed by atoms with Crippen LogP contribution in [0, 0.1) is 5.92 Å². The van der Waals surface area contributed by atoms with Gasteiger partial charge in [-0.05, 0) is 19.3 Å². The Morgan fingerprint density at radius 1 is 0.538 bits per heavy atom. The van der Waals surface area contributed by atoms with Gasteiger partial charge in [0.2, 0.25) is 0 Å². The summed E-state index contributed by atoms with van der Waals surface area (Å²) >= 11 is 0. The predicted octanol–water partition coefficient (Wildman–Crippen LogP) is 11.9. The Hall–Kier alpha value is -0.390. The molecule has 0 aromatic carbocycles. The van der Waals surface area contributed by atoms with E-state index in [-0.39, 0.29) is 12.5 Å². The second-order valence-electron chi connectivity index (χ2n) is 12.0. The summed E-state index contributed by atoms with van der Waals surface area (Å²) in [6.45, 7) is 4.59. The molecule has 39 heavy (non-hydrogen) atoms. The van der Waals surface area contributed by atoms with E-state index in [4.69, 9.17) is 8.74 Å². The first-order valence-corrected chi connectivity index (χ1v) is 18.6. The highest BCUT2D eigenvalue weighted by Gasteiger charge is 2.11. The molecule has 0 bridgehead atoms. The van der Waals surface area contributed by atoms with Gasteiger partial charge in [0.15, 0.2) is 0 Å². The smallest absolute Gasteiger partial charge is 0.264 e. The summed E-state index contributed by atoms with van der Waals surface area (Å²) in [7, 11) is -4.37. The lowest BCUT2D eigenvalue weighted by atomic mass is 9.99. The van der Waals surface area contributed by atoms with Gasteiger partial charge in [-0.1, -0.05) is 187 Å². The minimum atomic E-state index is -4.37. The van der Waals surface area contributed by atoms with Crippen LogP contribution in [-0.2, 0) is 14.6 Å². The Labute approximate surface area is 245 Å². The van der Waals surface area contributed by atoms with Gasteiger partial charge in [-0.25, -0.2) is 4.18 Å². The highest BCUT2D eigenvalue weighted by atomic mass is 32.3. The number of allylic oxidation sites excluding steroid dienone is 1. The zero-order valence-corrected chi connectivity index (χ0v) is 27.1. The van der Waals surface area contributed by atoms with Crippen LogP contribution in [0.5, 0.6) is 0 Å². The molecular weight excluding hydrogens is 504 g/mol. The zero-order chi connectivity index (χ0) is 28.7. The van der Waals surface area contributed by atoms with Crippen molar-refractivity contribution in [1.29, 1.82) is 0 Å². The third-order valence-corrected chi connectivity index (χ3v) is 8.43. The monoisotopic (exact) mass is 572 g/mol. The van der Waals surface area contributed by atoms with E-state index in [0.717, 1.165) is 19.3 Å². The molecule has 0 aromatic rings. The fourth-order valence-electron chi connectivity index (χ4n) is 5.40. The van der Waals surface area contributed by atoms with E-state index < -0.39 is 10.4 Å². The molecule has 4 nitrogen and oxygen atoms in total. The van der Waals surface area contributed by atoms with Crippen LogP contribution in [0.2, 0.25) is 0 Å². The van der Waals surface area contributed by atoms with Gasteiger partial charge in [-0.3, -0.25) is 4.55 Å². The summed E-state index contributed by atoms with van der Waals surface area (Å²) in [6.07, 6.45) is 41.2. The predicted molar refractivity (Wildman–Crippen MR) is 171 cm³/mol. The standard InChI is InChI=1S/C34H68O4S/c1-3-5-7-9-11-13-15-17-18-19-20-22-24-26-28-30-32-34(33-38-39(35,36)37)31-29-27-25-23-21-16-14-12-10-8-6-4-2/h29,31,34H,3-28,30,32-33H2,1-2H3,(H,35,36,37)/b31-29+. The van der Waals surface area contributed by atoms with Crippen LogP contribution in [0.4, 0.5) is 0 Å². The maximum atomic E-state index is 11.0. The van der Waals surface area contributed by atoms with Gasteiger partial charge in [0, 0.05) is 5.92 Å². The molecule has 0 radical (unpaired) electrons. The van der Waals surface area contributed by atoms with E-state index in [0.29, 0.717) is 0 Å². The number of rotatable bonds is 32. The van der Waals surface area contributed by atoms with Gasteiger partial charge in [-0.15, -0.1) is 0 Å². The van der Waals surface area contributed by atoms with Crippen molar-refractivity contribution in [2.24, 2.45) is 5.92 Å². The van der Waals surface area contributed by atoms with Crippen LogP contribution in [0.3, 0.4) is 0 Å². The zero-order valence-electron chi connectivity index (χ0n) is 26.3. The molecule has 0 rings (SSSR count). The summed E-state index contributed by atoms with van der Waals surface area (Å²) in [5.74, 6) is 0.0571. The first kappa shape index (κ1) is 38.6. The fraction of sp³-hybridized carbons (Fsp3) is 0.941. The topological polar surface area (TPSA) is 63.6 Å². The molecule has 1 atom stereocenters. The van der Waals surface area contributed by atoms with Crippen molar-refractivity contribution in [3.63, 3.8) is 0 Å². The SMILES string of the molecule is CCCCCCCCCCCC/C=C/C(CCCCCCCCCCCCCCCCCC)COS(=O)(=O)O. The van der Waals surface area contributed by atoms with E-state index in [1.165, 1.54) is 161 Å². The molecule has 1 N–H and O–H groups in total. The Morgan fingerprint density at radius 2 is 0.872 bits per heavy atom. The second-order valence-corrected chi connectivity index (χ2v) is 13.1. The van der Waals surface area contributed by atoms with Crippen molar-refractivity contribution < 1.29 is 17.2 Å². The van der Waals surface area contributed by atoms with Crippen molar-refractivity contribution >= 4 is 10.4 Å². The summed E-state index contributed by atoms with van der Waals surface area (Å²) < 4.78 is 35.8. The first-order chi connectivity index (χ1) is 19.0. The normalized spacial score (nSPS) is 13.0. The highest BCUT2D eigenvalue weighted by molar-refractivity contribution is 7.80. The van der Waals surface area contributed by atoms with Crippen LogP contribution in [0.1, 0.15) is 194 Å². The van der Waals surface area contributed by atoms with E-state index in [2.05, 4.69) is 26.0 Å². The summed E-state index contributed by atoms with van der Waals surface area (Å²) in [4.78, 5) is 0. The molecule has 0 aromatic heterocycles. The molecule has 0 aliphatic rings. The Balaban J connectivity index is 3.76. The van der Waals surface area contributed by atoms with Gasteiger partial charge in [0.25, 0.3) is 0 Å². The average Bonchev–Trinajstić information content (AvgIpc) is 2.91. The fourth-order valence-corrected chi connectivity index (χ4v) is 5.75. The molecule has 0 saturated heterocycles. The average molecular weight is 573 g/mol. The molecular formula is C34H68O4S. The number of unbranched alkanes of at least 4 members (excludes halogenated alkanes) is 25. The van der Waals surface area contributed by atoms with Crippen molar-refractivity contribution in [3.05, 3.63) is 12.2 Å². The maximum Gasteiger partial charge on any atom is 0.397 e. The second kappa shape index (κ2) is 30.6. The molecule has 0 aliphatic carbocycles. The molecule has 1 unspecified atom stereocenters. The summed E-state index contributed by atoms with van der Waals surface area (Å²) in [5.41, 5.74) is 0. The minimum Gasteiger partial charge on any atom is -0.264 e. The largest absolute Gasteiger partial charge is 0.397 e.